The average Bonchev–Trinajstić information content (AvgIpc) is 2.94. The number of aromatic nitrogens is 2. The van der Waals surface area contributed by atoms with Gasteiger partial charge in [-0.15, -0.1) is 0 Å². The molecule has 7 nitrogen and oxygen atoms in total. The maximum atomic E-state index is 12.3. The van der Waals surface area contributed by atoms with Crippen molar-refractivity contribution in [1.82, 2.24) is 9.78 Å². The van der Waals surface area contributed by atoms with Crippen molar-refractivity contribution in [2.45, 2.75) is 12.4 Å². The van der Waals surface area contributed by atoms with E-state index in [-0.39, 0.29) is 5.69 Å². The number of benzene rings is 1. The van der Waals surface area contributed by atoms with Gasteiger partial charge in [0.25, 0.3) is 0 Å². The normalized spacial score (nSPS) is 11.8. The van der Waals surface area contributed by atoms with Crippen LogP contribution in [0.2, 0.25) is 0 Å². The zero-order valence-electron chi connectivity index (χ0n) is 14.2. The van der Waals surface area contributed by atoms with Gasteiger partial charge in [0, 0.05) is 37.1 Å². The summed E-state index contributed by atoms with van der Waals surface area (Å²) < 4.78 is 84.3. The molecule has 0 radical (unpaired) electrons. The number of nitrogens with zero attached hydrogens (tertiary/aromatic N) is 2. The Morgan fingerprint density at radius 2 is 1.46 bits per heavy atom. The number of carbonyl (C=O) groups excluding carboxylic acids is 1. The number of hydrogen-bond acceptors (Lipinski definition) is 4. The fourth-order valence-electron chi connectivity index (χ4n) is 1.92. The van der Waals surface area contributed by atoms with Gasteiger partial charge in [-0.3, -0.25) is 4.68 Å². The van der Waals surface area contributed by atoms with Gasteiger partial charge in [0.1, 0.15) is 11.5 Å². The smallest absolute Gasteiger partial charge is 0.422 e. The zero-order chi connectivity index (χ0) is 20.9. The average molecular weight is 412 g/mol. The summed E-state index contributed by atoms with van der Waals surface area (Å²) in [5.41, 5.74) is 0.177. The van der Waals surface area contributed by atoms with E-state index in [1.807, 2.05) is 0 Å². The van der Waals surface area contributed by atoms with Crippen LogP contribution in [0.1, 0.15) is 0 Å². The van der Waals surface area contributed by atoms with Crippen LogP contribution >= 0.6 is 0 Å². The van der Waals surface area contributed by atoms with Crippen molar-refractivity contribution in [1.29, 1.82) is 0 Å². The minimum atomic E-state index is -4.66. The van der Waals surface area contributed by atoms with Gasteiger partial charge < -0.3 is 20.1 Å². The van der Waals surface area contributed by atoms with Gasteiger partial charge in [0.05, 0.1) is 11.9 Å². The molecule has 13 heteroatoms. The Bertz CT molecular complexity index is 783. The van der Waals surface area contributed by atoms with Crippen molar-refractivity contribution < 1.29 is 40.6 Å². The van der Waals surface area contributed by atoms with Gasteiger partial charge in [-0.2, -0.15) is 31.4 Å². The minimum Gasteiger partial charge on any atom is -0.484 e. The van der Waals surface area contributed by atoms with Gasteiger partial charge in [-0.05, 0) is 0 Å². The number of carbonyl (C=O) groups is 1. The van der Waals surface area contributed by atoms with Crippen LogP contribution in [0.3, 0.4) is 0 Å². The van der Waals surface area contributed by atoms with Crippen LogP contribution in [0.15, 0.2) is 30.6 Å². The first-order valence-electron chi connectivity index (χ1n) is 7.50. The molecule has 154 valence electrons. The molecule has 2 N–H and O–H groups in total. The predicted molar refractivity (Wildman–Crippen MR) is 85.4 cm³/mol. The van der Waals surface area contributed by atoms with E-state index in [1.54, 1.807) is 7.05 Å². The quantitative estimate of drug-likeness (QED) is 0.705. The van der Waals surface area contributed by atoms with Crippen LogP contribution in [0, 0.1) is 0 Å². The summed E-state index contributed by atoms with van der Waals surface area (Å²) in [6.45, 7) is -3.34. The molecule has 0 fully saturated rings. The monoisotopic (exact) mass is 412 g/mol. The van der Waals surface area contributed by atoms with Crippen LogP contribution in [-0.2, 0) is 7.05 Å². The first-order chi connectivity index (χ1) is 12.9. The minimum absolute atomic E-state index is 0.141. The first-order valence-corrected chi connectivity index (χ1v) is 7.50. The molecule has 2 aromatic rings. The maximum Gasteiger partial charge on any atom is 0.422 e. The topological polar surface area (TPSA) is 77.4 Å². The van der Waals surface area contributed by atoms with E-state index >= 15 is 0 Å². The Kier molecular flexibility index (Phi) is 6.26. The highest BCUT2D eigenvalue weighted by Gasteiger charge is 2.30. The highest BCUT2D eigenvalue weighted by atomic mass is 19.4. The molecule has 0 atom stereocenters. The summed E-state index contributed by atoms with van der Waals surface area (Å²) in [5.74, 6) is -0.873. The second-order valence-electron chi connectivity index (χ2n) is 5.48. The number of ether oxygens (including phenoxy) is 2. The van der Waals surface area contributed by atoms with Crippen LogP contribution in [-0.4, -0.2) is 41.4 Å². The molecular weight excluding hydrogens is 398 g/mol. The lowest BCUT2D eigenvalue weighted by Crippen LogP contribution is -2.21. The lowest BCUT2D eigenvalue weighted by Gasteiger charge is -2.15. The van der Waals surface area contributed by atoms with Crippen LogP contribution in [0.5, 0.6) is 11.5 Å². The molecular formula is C15H14F6N4O3. The Morgan fingerprint density at radius 3 is 1.89 bits per heavy atom. The Balaban J connectivity index is 2.14. The largest absolute Gasteiger partial charge is 0.484 e. The van der Waals surface area contributed by atoms with Crippen molar-refractivity contribution >= 4 is 17.4 Å². The van der Waals surface area contributed by atoms with Gasteiger partial charge in [-0.25, -0.2) is 4.79 Å². The van der Waals surface area contributed by atoms with Crippen molar-refractivity contribution in [3.05, 3.63) is 30.6 Å². The Labute approximate surface area is 154 Å². The molecule has 0 aliphatic carbocycles. The van der Waals surface area contributed by atoms with Gasteiger partial charge >= 0.3 is 18.4 Å². The second-order valence-corrected chi connectivity index (χ2v) is 5.48. The molecule has 0 spiro atoms. The molecule has 0 saturated heterocycles. The number of rotatable bonds is 6. The van der Waals surface area contributed by atoms with Gasteiger partial charge in [0.2, 0.25) is 0 Å². The molecule has 0 aliphatic heterocycles. The van der Waals surface area contributed by atoms with E-state index in [0.717, 1.165) is 18.2 Å². The highest BCUT2D eigenvalue weighted by Crippen LogP contribution is 2.29. The molecule has 0 aliphatic rings. The van der Waals surface area contributed by atoms with Gasteiger partial charge in [-0.1, -0.05) is 0 Å². The standard InChI is InChI=1S/C15H14F6N4O3/c1-25-6-10(5-22-25)24-13(26)23-9-2-11(27-7-14(16,17)18)4-12(3-9)28-8-15(19,20)21/h2-6H,7-8H2,1H3,(H2,23,24,26). The SMILES string of the molecule is Cn1cc(NC(=O)Nc2cc(OCC(F)(F)F)cc(OCC(F)(F)F)c2)cn1. The van der Waals surface area contributed by atoms with Crippen LogP contribution in [0.25, 0.3) is 0 Å². The lowest BCUT2D eigenvalue weighted by atomic mass is 10.2. The van der Waals surface area contributed by atoms with E-state index in [2.05, 4.69) is 25.2 Å². The van der Waals surface area contributed by atoms with Crippen LogP contribution < -0.4 is 20.1 Å². The number of nitrogens with one attached hydrogen (secondary N) is 2. The molecule has 0 saturated carbocycles. The van der Waals surface area contributed by atoms with Gasteiger partial charge in [0.15, 0.2) is 13.2 Å². The van der Waals surface area contributed by atoms with E-state index in [9.17, 15) is 31.1 Å². The van der Waals surface area contributed by atoms with E-state index in [0.29, 0.717) is 5.69 Å². The molecule has 1 heterocycles. The summed E-state index contributed by atoms with van der Waals surface area (Å²) in [6, 6.07) is 2.06. The molecule has 2 amide bonds. The summed E-state index contributed by atoms with van der Waals surface area (Å²) >= 11 is 0. The van der Waals surface area contributed by atoms with Crippen molar-refractivity contribution in [2.75, 3.05) is 23.8 Å². The highest BCUT2D eigenvalue weighted by molar-refractivity contribution is 5.99. The van der Waals surface area contributed by atoms with Crippen LogP contribution in [0.4, 0.5) is 42.5 Å². The molecule has 28 heavy (non-hydrogen) atoms. The van der Waals surface area contributed by atoms with Crippen molar-refractivity contribution in [2.24, 2.45) is 7.05 Å². The summed E-state index contributed by atoms with van der Waals surface area (Å²) in [4.78, 5) is 11.9. The predicted octanol–water partition coefficient (Wildman–Crippen LogP) is 3.95. The molecule has 1 aromatic heterocycles. The zero-order valence-corrected chi connectivity index (χ0v) is 14.2. The third-order valence-corrected chi connectivity index (χ3v) is 2.91. The van der Waals surface area contributed by atoms with E-state index in [4.69, 9.17) is 0 Å². The van der Waals surface area contributed by atoms with Crippen molar-refractivity contribution in [3.8, 4) is 11.5 Å². The number of halogens is 6. The first kappa shape index (κ1) is 21.2. The van der Waals surface area contributed by atoms with Crippen molar-refractivity contribution in [3.63, 3.8) is 0 Å². The fourth-order valence-corrected chi connectivity index (χ4v) is 1.92. The fraction of sp³-hybridized carbons (Fsp3) is 0.333. The lowest BCUT2D eigenvalue weighted by molar-refractivity contribution is -0.153. The van der Waals surface area contributed by atoms with E-state index in [1.165, 1.54) is 17.1 Å². The summed E-state index contributed by atoms with van der Waals surface area (Å²) in [7, 11) is 1.61. The summed E-state index contributed by atoms with van der Waals surface area (Å²) in [6.07, 6.45) is -6.51. The third-order valence-electron chi connectivity index (χ3n) is 2.91. The number of amides is 2. The third kappa shape index (κ3) is 7.63. The molecule has 0 bridgehead atoms. The maximum absolute atomic E-state index is 12.3. The van der Waals surface area contributed by atoms with E-state index < -0.39 is 43.1 Å². The Morgan fingerprint density at radius 1 is 0.964 bits per heavy atom. The molecule has 0 unspecified atom stereocenters. The number of urea groups is 1. The molecule has 2 rings (SSSR count). The second kappa shape index (κ2) is 8.27. The summed E-state index contributed by atoms with van der Waals surface area (Å²) in [5, 5.41) is 8.47. The molecule has 1 aromatic carbocycles. The number of hydrogen-bond donors (Lipinski definition) is 2. The number of alkyl halides is 6. The number of anilines is 2. The Hall–Kier alpha value is -3.12. The number of aryl methyl sites for hydroxylation is 1.